The molecule has 1 heterocycles. The second kappa shape index (κ2) is 6.39. The smallest absolute Gasteiger partial charge is 0.422 e. The van der Waals surface area contributed by atoms with Crippen LogP contribution in [-0.4, -0.2) is 17.6 Å². The van der Waals surface area contributed by atoms with Crippen LogP contribution in [0.25, 0.3) is 0 Å². The van der Waals surface area contributed by atoms with E-state index in [4.69, 9.17) is 27.9 Å². The zero-order chi connectivity index (χ0) is 17.5. The maximum Gasteiger partial charge on any atom is 0.422 e. The third-order valence-corrected chi connectivity index (χ3v) is 4.68. The molecule has 24 heavy (non-hydrogen) atoms. The average molecular weight is 429 g/mol. The normalized spacial score (nSPS) is 20.4. The molecular weight excluding hydrogens is 417 g/mol. The molecule has 0 bridgehead atoms. The Bertz CT molecular complexity index is 805. The van der Waals surface area contributed by atoms with E-state index >= 15 is 0 Å². The van der Waals surface area contributed by atoms with Gasteiger partial charge >= 0.3 is 6.09 Å². The van der Waals surface area contributed by atoms with Crippen molar-refractivity contribution in [1.82, 2.24) is 0 Å². The fraction of sp³-hybridized carbons (Fsp3) is 0.176. The highest BCUT2D eigenvalue weighted by molar-refractivity contribution is 9.10. The van der Waals surface area contributed by atoms with Crippen LogP contribution in [0.15, 0.2) is 46.9 Å². The Morgan fingerprint density at radius 1 is 1.08 bits per heavy atom. The molecule has 0 spiro atoms. The van der Waals surface area contributed by atoms with Gasteiger partial charge in [-0.15, -0.1) is 0 Å². The van der Waals surface area contributed by atoms with Gasteiger partial charge in [0.15, 0.2) is 5.60 Å². The minimum atomic E-state index is -1.28. The summed E-state index contributed by atoms with van der Waals surface area (Å²) in [6.07, 6.45) is -0.465. The van der Waals surface area contributed by atoms with Crippen LogP contribution in [0.3, 0.4) is 0 Å². The van der Waals surface area contributed by atoms with Gasteiger partial charge in [0.25, 0.3) is 5.91 Å². The van der Waals surface area contributed by atoms with Crippen molar-refractivity contribution in [3.05, 3.63) is 62.5 Å². The van der Waals surface area contributed by atoms with Gasteiger partial charge in [-0.3, -0.25) is 4.79 Å². The van der Waals surface area contributed by atoms with E-state index in [9.17, 15) is 9.59 Å². The zero-order valence-corrected chi connectivity index (χ0v) is 15.7. The van der Waals surface area contributed by atoms with Crippen molar-refractivity contribution in [2.45, 2.75) is 18.9 Å². The van der Waals surface area contributed by atoms with Crippen LogP contribution in [0.2, 0.25) is 10.0 Å². The Labute approximate surface area is 157 Å². The molecule has 0 aromatic heterocycles. The number of nitrogens with zero attached hydrogens (tertiary/aromatic N) is 1. The van der Waals surface area contributed by atoms with Gasteiger partial charge in [0, 0.05) is 20.9 Å². The summed E-state index contributed by atoms with van der Waals surface area (Å²) in [6, 6.07) is 12.0. The van der Waals surface area contributed by atoms with E-state index in [1.807, 2.05) is 24.3 Å². The highest BCUT2D eigenvalue weighted by atomic mass is 79.9. The van der Waals surface area contributed by atoms with E-state index in [0.717, 1.165) is 14.9 Å². The number of anilines is 1. The number of imide groups is 1. The van der Waals surface area contributed by atoms with E-state index in [2.05, 4.69) is 15.9 Å². The molecule has 2 aromatic carbocycles. The SMILES string of the molecule is CC1(Cc2ccc(Br)cc2)OC(=O)N(c2cc(Cl)cc(Cl)c2)C1=O. The van der Waals surface area contributed by atoms with E-state index in [0.29, 0.717) is 15.7 Å². The molecule has 3 rings (SSSR count). The van der Waals surface area contributed by atoms with Gasteiger partial charge in [-0.2, -0.15) is 0 Å². The number of rotatable bonds is 3. The molecule has 4 nitrogen and oxygen atoms in total. The highest BCUT2D eigenvalue weighted by Crippen LogP contribution is 2.34. The van der Waals surface area contributed by atoms with E-state index in [1.165, 1.54) is 18.2 Å². The summed E-state index contributed by atoms with van der Waals surface area (Å²) >= 11 is 15.3. The third kappa shape index (κ3) is 3.29. The number of halogens is 3. The molecule has 0 N–H and O–H groups in total. The minimum absolute atomic E-state index is 0.273. The summed E-state index contributed by atoms with van der Waals surface area (Å²) < 4.78 is 6.31. The second-order valence-corrected chi connectivity index (χ2v) is 7.46. The first-order valence-electron chi connectivity index (χ1n) is 7.06. The Morgan fingerprint density at radius 2 is 1.67 bits per heavy atom. The van der Waals surface area contributed by atoms with Crippen molar-refractivity contribution in [1.29, 1.82) is 0 Å². The topological polar surface area (TPSA) is 46.6 Å². The maximum absolute atomic E-state index is 12.8. The molecule has 0 saturated carbocycles. The average Bonchev–Trinajstić information content (AvgIpc) is 2.70. The molecular formula is C17H12BrCl2NO3. The Balaban J connectivity index is 1.91. The molecule has 7 heteroatoms. The molecule has 1 aliphatic heterocycles. The molecule has 1 atom stereocenters. The first-order valence-corrected chi connectivity index (χ1v) is 8.61. The lowest BCUT2D eigenvalue weighted by Crippen LogP contribution is -2.40. The van der Waals surface area contributed by atoms with Gasteiger partial charge < -0.3 is 4.74 Å². The predicted octanol–water partition coefficient (Wildman–Crippen LogP) is 5.24. The van der Waals surface area contributed by atoms with Crippen LogP contribution in [0.4, 0.5) is 10.5 Å². The number of amides is 2. The molecule has 2 aromatic rings. The van der Waals surface area contributed by atoms with Crippen LogP contribution in [-0.2, 0) is 16.0 Å². The lowest BCUT2D eigenvalue weighted by Gasteiger charge is -2.20. The van der Waals surface area contributed by atoms with Crippen LogP contribution < -0.4 is 4.90 Å². The first-order chi connectivity index (χ1) is 11.3. The molecule has 1 aliphatic rings. The number of ether oxygens (including phenoxy) is 1. The van der Waals surface area contributed by atoms with Crippen LogP contribution in [0.1, 0.15) is 12.5 Å². The van der Waals surface area contributed by atoms with Crippen LogP contribution in [0.5, 0.6) is 0 Å². The van der Waals surface area contributed by atoms with Crippen LogP contribution >= 0.6 is 39.1 Å². The summed E-state index contributed by atoms with van der Waals surface area (Å²) in [5.74, 6) is -0.450. The van der Waals surface area contributed by atoms with Gasteiger partial charge in [0.1, 0.15) is 0 Å². The second-order valence-electron chi connectivity index (χ2n) is 5.67. The number of carbonyl (C=O) groups is 2. The molecule has 2 amide bonds. The zero-order valence-electron chi connectivity index (χ0n) is 12.6. The monoisotopic (exact) mass is 427 g/mol. The lowest BCUT2D eigenvalue weighted by atomic mass is 9.95. The summed E-state index contributed by atoms with van der Waals surface area (Å²) in [6.45, 7) is 1.60. The fourth-order valence-electron chi connectivity index (χ4n) is 2.60. The number of hydrogen-bond donors (Lipinski definition) is 0. The molecule has 1 unspecified atom stereocenters. The summed E-state index contributed by atoms with van der Waals surface area (Å²) in [4.78, 5) is 26.0. The van der Waals surface area contributed by atoms with Crippen molar-refractivity contribution in [3.63, 3.8) is 0 Å². The summed E-state index contributed by atoms with van der Waals surface area (Å²) in [5.41, 5.74) is -0.102. The highest BCUT2D eigenvalue weighted by Gasteiger charge is 2.51. The minimum Gasteiger partial charge on any atom is -0.432 e. The number of cyclic esters (lactones) is 1. The van der Waals surface area contributed by atoms with Crippen molar-refractivity contribution in [3.8, 4) is 0 Å². The van der Waals surface area contributed by atoms with E-state index in [-0.39, 0.29) is 6.42 Å². The van der Waals surface area contributed by atoms with Gasteiger partial charge in [0.2, 0.25) is 0 Å². The Kier molecular flexibility index (Phi) is 4.60. The Morgan fingerprint density at radius 3 is 2.25 bits per heavy atom. The first kappa shape index (κ1) is 17.3. The number of hydrogen-bond acceptors (Lipinski definition) is 3. The largest absolute Gasteiger partial charge is 0.432 e. The van der Waals surface area contributed by atoms with Crippen molar-refractivity contribution in [2.24, 2.45) is 0 Å². The molecule has 1 fully saturated rings. The van der Waals surface area contributed by atoms with Gasteiger partial charge in [-0.05, 0) is 42.8 Å². The summed E-state index contributed by atoms with van der Waals surface area (Å²) in [5, 5.41) is 0.666. The fourth-order valence-corrected chi connectivity index (χ4v) is 3.37. The van der Waals surface area contributed by atoms with Gasteiger partial charge in [-0.1, -0.05) is 51.3 Å². The quantitative estimate of drug-likeness (QED) is 0.671. The molecule has 124 valence electrons. The number of carbonyl (C=O) groups excluding carboxylic acids is 2. The standard InChI is InChI=1S/C17H12BrCl2NO3/c1-17(9-10-2-4-11(18)5-3-10)15(22)21(16(23)24-17)14-7-12(19)6-13(20)8-14/h2-8H,9H2,1H3. The Hall–Kier alpha value is -1.56. The van der Waals surface area contributed by atoms with Crippen molar-refractivity contribution in [2.75, 3.05) is 4.90 Å². The molecule has 0 radical (unpaired) electrons. The molecule has 1 saturated heterocycles. The predicted molar refractivity (Wildman–Crippen MR) is 96.7 cm³/mol. The molecule has 0 aliphatic carbocycles. The number of benzene rings is 2. The van der Waals surface area contributed by atoms with E-state index in [1.54, 1.807) is 6.92 Å². The van der Waals surface area contributed by atoms with Crippen LogP contribution in [0, 0.1) is 0 Å². The maximum atomic E-state index is 12.8. The van der Waals surface area contributed by atoms with Gasteiger partial charge in [0.05, 0.1) is 5.69 Å². The third-order valence-electron chi connectivity index (χ3n) is 3.71. The van der Waals surface area contributed by atoms with Crippen molar-refractivity contribution < 1.29 is 14.3 Å². The van der Waals surface area contributed by atoms with Crippen molar-refractivity contribution >= 4 is 56.8 Å². The summed E-state index contributed by atoms with van der Waals surface area (Å²) in [7, 11) is 0. The van der Waals surface area contributed by atoms with Gasteiger partial charge in [-0.25, -0.2) is 9.69 Å². The van der Waals surface area contributed by atoms with E-state index < -0.39 is 17.6 Å². The lowest BCUT2D eigenvalue weighted by molar-refractivity contribution is -0.128.